The van der Waals surface area contributed by atoms with E-state index in [1.54, 1.807) is 6.07 Å². The minimum absolute atomic E-state index is 0.137. The summed E-state index contributed by atoms with van der Waals surface area (Å²) in [6.07, 6.45) is 1.55. The molecule has 1 aliphatic rings. The molecule has 2 aromatic rings. The fraction of sp³-hybridized carbons (Fsp3) is 0.222. The molecule has 1 heterocycles. The maximum Gasteiger partial charge on any atom is 0.255 e. The number of nitrogens with zero attached hydrogens (tertiary/aromatic N) is 1. The molecule has 2 amide bonds. The summed E-state index contributed by atoms with van der Waals surface area (Å²) in [6, 6.07) is 15.1. The molecule has 0 aliphatic carbocycles. The number of carbonyl (C=O) groups excluding carboxylic acids is 2. The minimum atomic E-state index is -0.137. The van der Waals surface area contributed by atoms with Gasteiger partial charge in [-0.1, -0.05) is 18.2 Å². The number of anilines is 1. The van der Waals surface area contributed by atoms with Crippen LogP contribution in [0.4, 0.5) is 5.69 Å². The molecule has 1 fully saturated rings. The van der Waals surface area contributed by atoms with Gasteiger partial charge < -0.3 is 10.2 Å². The van der Waals surface area contributed by atoms with Crippen LogP contribution in [-0.4, -0.2) is 23.3 Å². The first-order valence-corrected chi connectivity index (χ1v) is 8.63. The summed E-state index contributed by atoms with van der Waals surface area (Å²) in [6.45, 7) is 1.38. The maximum atomic E-state index is 12.4. The SMILES string of the molecule is O=C(Nc1cccc(I)c1)c1cccc(CN2CCCC2=O)c1. The summed E-state index contributed by atoms with van der Waals surface area (Å²) in [5.74, 6) is 0.0558. The topological polar surface area (TPSA) is 49.4 Å². The van der Waals surface area contributed by atoms with Gasteiger partial charge in [-0.15, -0.1) is 0 Å². The lowest BCUT2D eigenvalue weighted by Gasteiger charge is -2.16. The molecule has 1 aliphatic heterocycles. The van der Waals surface area contributed by atoms with Crippen LogP contribution in [-0.2, 0) is 11.3 Å². The minimum Gasteiger partial charge on any atom is -0.338 e. The van der Waals surface area contributed by atoms with Gasteiger partial charge in [0.1, 0.15) is 0 Å². The number of benzene rings is 2. The highest BCUT2D eigenvalue weighted by Crippen LogP contribution is 2.17. The molecule has 1 saturated heterocycles. The summed E-state index contributed by atoms with van der Waals surface area (Å²) >= 11 is 2.21. The smallest absolute Gasteiger partial charge is 0.255 e. The van der Waals surface area contributed by atoms with Gasteiger partial charge in [0, 0.05) is 34.3 Å². The molecule has 0 spiro atoms. The summed E-state index contributed by atoms with van der Waals surface area (Å²) in [5.41, 5.74) is 2.37. The molecule has 3 rings (SSSR count). The van der Waals surface area contributed by atoms with E-state index in [1.807, 2.05) is 47.4 Å². The normalized spacial score (nSPS) is 14.1. The van der Waals surface area contributed by atoms with E-state index < -0.39 is 0 Å². The zero-order valence-corrected chi connectivity index (χ0v) is 14.7. The lowest BCUT2D eigenvalue weighted by atomic mass is 10.1. The lowest BCUT2D eigenvalue weighted by molar-refractivity contribution is -0.128. The van der Waals surface area contributed by atoms with Crippen LogP contribution in [0, 0.1) is 3.57 Å². The monoisotopic (exact) mass is 420 g/mol. The fourth-order valence-corrected chi connectivity index (χ4v) is 3.22. The van der Waals surface area contributed by atoms with Crippen LogP contribution >= 0.6 is 22.6 Å². The van der Waals surface area contributed by atoms with Gasteiger partial charge in [-0.05, 0) is 64.9 Å². The zero-order chi connectivity index (χ0) is 16.2. The highest BCUT2D eigenvalue weighted by Gasteiger charge is 2.20. The van der Waals surface area contributed by atoms with E-state index in [4.69, 9.17) is 0 Å². The second-order valence-corrected chi connectivity index (χ2v) is 6.83. The van der Waals surface area contributed by atoms with Gasteiger partial charge in [0.2, 0.25) is 5.91 Å². The van der Waals surface area contributed by atoms with E-state index in [0.29, 0.717) is 18.5 Å². The summed E-state index contributed by atoms with van der Waals surface area (Å²) in [5, 5.41) is 2.90. The van der Waals surface area contributed by atoms with E-state index in [9.17, 15) is 9.59 Å². The number of hydrogen-bond donors (Lipinski definition) is 1. The number of hydrogen-bond acceptors (Lipinski definition) is 2. The van der Waals surface area contributed by atoms with Crippen molar-refractivity contribution in [3.05, 3.63) is 63.2 Å². The number of halogens is 1. The number of carbonyl (C=O) groups is 2. The standard InChI is InChI=1S/C18H17IN2O2/c19-15-6-2-7-16(11-15)20-18(23)14-5-1-4-13(10-14)12-21-9-3-8-17(21)22/h1-2,4-7,10-11H,3,8-9,12H2,(H,20,23). The van der Waals surface area contributed by atoms with Crippen molar-refractivity contribution in [3.8, 4) is 0 Å². The third-order valence-electron chi connectivity index (χ3n) is 3.82. The lowest BCUT2D eigenvalue weighted by Crippen LogP contribution is -2.24. The third-order valence-corrected chi connectivity index (χ3v) is 4.49. The van der Waals surface area contributed by atoms with Crippen LogP contribution < -0.4 is 5.32 Å². The molecule has 1 N–H and O–H groups in total. The predicted molar refractivity (Wildman–Crippen MR) is 98.2 cm³/mol. The van der Waals surface area contributed by atoms with Crippen LogP contribution in [0.5, 0.6) is 0 Å². The zero-order valence-electron chi connectivity index (χ0n) is 12.6. The predicted octanol–water partition coefficient (Wildman–Crippen LogP) is 3.67. The van der Waals surface area contributed by atoms with E-state index in [1.165, 1.54) is 0 Å². The Labute approximate surface area is 149 Å². The van der Waals surface area contributed by atoms with Gasteiger partial charge in [0.15, 0.2) is 0 Å². The Morgan fingerprint density at radius 1 is 1.17 bits per heavy atom. The average Bonchev–Trinajstić information content (AvgIpc) is 2.93. The largest absolute Gasteiger partial charge is 0.338 e. The second kappa shape index (κ2) is 7.12. The van der Waals surface area contributed by atoms with Gasteiger partial charge in [-0.3, -0.25) is 9.59 Å². The van der Waals surface area contributed by atoms with Gasteiger partial charge in [-0.25, -0.2) is 0 Å². The Bertz CT molecular complexity index is 745. The number of rotatable bonds is 4. The molecule has 0 radical (unpaired) electrons. The number of amides is 2. The molecule has 0 bridgehead atoms. The van der Waals surface area contributed by atoms with Crippen LogP contribution in [0.3, 0.4) is 0 Å². The van der Waals surface area contributed by atoms with Crippen molar-refractivity contribution in [3.63, 3.8) is 0 Å². The van der Waals surface area contributed by atoms with E-state index in [0.717, 1.165) is 27.8 Å². The van der Waals surface area contributed by atoms with Crippen molar-refractivity contribution in [1.29, 1.82) is 0 Å². The van der Waals surface area contributed by atoms with Crippen molar-refractivity contribution in [2.45, 2.75) is 19.4 Å². The third kappa shape index (κ3) is 4.10. The first kappa shape index (κ1) is 16.0. The Kier molecular flexibility index (Phi) is 4.95. The van der Waals surface area contributed by atoms with Crippen LogP contribution in [0.2, 0.25) is 0 Å². The summed E-state index contributed by atoms with van der Waals surface area (Å²) in [4.78, 5) is 25.9. The average molecular weight is 420 g/mol. The number of nitrogens with one attached hydrogen (secondary N) is 1. The van der Waals surface area contributed by atoms with E-state index in [2.05, 4.69) is 27.9 Å². The molecule has 0 unspecified atom stereocenters. The van der Waals surface area contributed by atoms with Crippen molar-refractivity contribution in [2.24, 2.45) is 0 Å². The number of likely N-dealkylation sites (tertiary alicyclic amines) is 1. The molecule has 0 atom stereocenters. The van der Waals surface area contributed by atoms with Gasteiger partial charge in [0.05, 0.1) is 0 Å². The molecule has 0 saturated carbocycles. The van der Waals surface area contributed by atoms with Crippen molar-refractivity contribution in [2.75, 3.05) is 11.9 Å². The van der Waals surface area contributed by atoms with E-state index in [-0.39, 0.29) is 11.8 Å². The van der Waals surface area contributed by atoms with Crippen molar-refractivity contribution in [1.82, 2.24) is 4.90 Å². The maximum absolute atomic E-state index is 12.4. The van der Waals surface area contributed by atoms with Gasteiger partial charge in [-0.2, -0.15) is 0 Å². The summed E-state index contributed by atoms with van der Waals surface area (Å²) < 4.78 is 1.07. The van der Waals surface area contributed by atoms with Crippen molar-refractivity contribution >= 4 is 40.1 Å². The summed E-state index contributed by atoms with van der Waals surface area (Å²) in [7, 11) is 0. The highest BCUT2D eigenvalue weighted by molar-refractivity contribution is 14.1. The van der Waals surface area contributed by atoms with Gasteiger partial charge >= 0.3 is 0 Å². The molecule has 5 heteroatoms. The molecule has 118 valence electrons. The van der Waals surface area contributed by atoms with Crippen LogP contribution in [0.1, 0.15) is 28.8 Å². The van der Waals surface area contributed by atoms with Crippen LogP contribution in [0.25, 0.3) is 0 Å². The Hall–Kier alpha value is -1.89. The van der Waals surface area contributed by atoms with E-state index >= 15 is 0 Å². The molecule has 23 heavy (non-hydrogen) atoms. The first-order chi connectivity index (χ1) is 11.1. The molecular formula is C18H17IN2O2. The van der Waals surface area contributed by atoms with Crippen LogP contribution in [0.15, 0.2) is 48.5 Å². The Morgan fingerprint density at radius 3 is 2.74 bits per heavy atom. The first-order valence-electron chi connectivity index (χ1n) is 7.55. The second-order valence-electron chi connectivity index (χ2n) is 5.58. The molecule has 0 aromatic heterocycles. The Morgan fingerprint density at radius 2 is 2.00 bits per heavy atom. The molecular weight excluding hydrogens is 403 g/mol. The Balaban J connectivity index is 1.71. The van der Waals surface area contributed by atoms with Crippen molar-refractivity contribution < 1.29 is 9.59 Å². The van der Waals surface area contributed by atoms with Gasteiger partial charge in [0.25, 0.3) is 5.91 Å². The molecule has 2 aromatic carbocycles. The quantitative estimate of drug-likeness (QED) is 0.768. The molecule has 4 nitrogen and oxygen atoms in total. The highest BCUT2D eigenvalue weighted by atomic mass is 127. The fourth-order valence-electron chi connectivity index (χ4n) is 2.67.